The lowest BCUT2D eigenvalue weighted by Gasteiger charge is -2.13. The molecule has 7 aromatic heterocycles. The highest BCUT2D eigenvalue weighted by atomic mass is 32.1. The first kappa shape index (κ1) is 60.8. The van der Waals surface area contributed by atoms with Crippen molar-refractivity contribution in [2.45, 2.75) is 0 Å². The van der Waals surface area contributed by atoms with Crippen molar-refractivity contribution in [1.29, 1.82) is 0 Å². The molecule has 7 heterocycles. The summed E-state index contributed by atoms with van der Waals surface area (Å²) in [5, 5.41) is 8.78. The van der Waals surface area contributed by atoms with Crippen LogP contribution in [0.5, 0.6) is 0 Å². The van der Waals surface area contributed by atoms with Crippen LogP contribution in [0.1, 0.15) is 0 Å². The Balaban J connectivity index is 0.665. The number of rotatable bonds is 12. The molecule has 0 N–H and O–H groups in total. The molecule has 490 valence electrons. The van der Waals surface area contributed by atoms with Crippen molar-refractivity contribution in [3.63, 3.8) is 0 Å². The molecule has 0 bridgehead atoms. The van der Waals surface area contributed by atoms with Gasteiger partial charge in [0.15, 0.2) is 29.1 Å². The van der Waals surface area contributed by atoms with Gasteiger partial charge in [0.1, 0.15) is 10.0 Å². The molecule has 0 unspecified atom stereocenters. The van der Waals surface area contributed by atoms with Crippen LogP contribution in [0.3, 0.4) is 0 Å². The fourth-order valence-corrected chi connectivity index (χ4v) is 19.0. The van der Waals surface area contributed by atoms with E-state index < -0.39 is 0 Å². The number of nitrogens with zero attached hydrogens (tertiary/aromatic N) is 9. The minimum Gasteiger partial charge on any atom is -0.278 e. The van der Waals surface area contributed by atoms with Crippen LogP contribution in [0, 0.1) is 0 Å². The van der Waals surface area contributed by atoms with Crippen LogP contribution in [0.2, 0.25) is 0 Å². The molecule has 0 amide bonds. The third-order valence-electron chi connectivity index (χ3n) is 19.9. The highest BCUT2D eigenvalue weighted by Crippen LogP contribution is 2.48. The molecule has 0 aliphatic carbocycles. The van der Waals surface area contributed by atoms with Crippen LogP contribution in [0.15, 0.2) is 322 Å². The molecule has 0 aliphatic rings. The van der Waals surface area contributed by atoms with E-state index in [4.69, 9.17) is 39.9 Å². The molecule has 0 spiro atoms. The maximum absolute atomic E-state index is 5.53. The van der Waals surface area contributed by atoms with Gasteiger partial charge in [0.05, 0.1) is 31.5 Å². The van der Waals surface area contributed by atoms with Gasteiger partial charge in [-0.25, -0.2) is 29.9 Å². The molecular weight excluding hydrogens is 1360 g/mol. The van der Waals surface area contributed by atoms with Crippen LogP contribution in [-0.2, 0) is 0 Å². The van der Waals surface area contributed by atoms with Gasteiger partial charge in [-0.15, -0.1) is 45.3 Å². The summed E-state index contributed by atoms with van der Waals surface area (Å²) >= 11 is 7.03. The van der Waals surface area contributed by atoms with Crippen LogP contribution in [-0.4, -0.2) is 44.4 Å². The van der Waals surface area contributed by atoms with Crippen LogP contribution in [0.25, 0.3) is 211 Å². The molecular formula is C92H53N9S4. The summed E-state index contributed by atoms with van der Waals surface area (Å²) < 4.78 is 9.22. The Morgan fingerprint density at radius 2 is 0.619 bits per heavy atom. The smallest absolute Gasteiger partial charge is 0.238 e. The molecule has 21 aromatic rings. The molecule has 21 rings (SSSR count). The fourth-order valence-electron chi connectivity index (χ4n) is 14.7. The quantitative estimate of drug-likeness (QED) is 0.119. The van der Waals surface area contributed by atoms with Gasteiger partial charge in [-0.3, -0.25) is 4.57 Å². The SMILES string of the molecule is c1ccc(-c2nc(-c3cccc(-c4ccc(-c5ccc(-c6nc(-c7ccccc7)nc(-n7c8ccccc8c8ccccc87)n6)c6c5sc5ccc(-c7ccc(-c8nc9ccccc9s8)cc7)cc56)cc4)c3)nc(-c3cccc4sc5ccc(-c6ccc(-c7nc8ccccc8s7)cc6)cc5c34)n2)cc1. The predicted molar refractivity (Wildman–Crippen MR) is 439 cm³/mol. The van der Waals surface area contributed by atoms with Gasteiger partial charge in [0.25, 0.3) is 0 Å². The number of thiazole rings is 2. The van der Waals surface area contributed by atoms with Crippen molar-refractivity contribution < 1.29 is 0 Å². The molecule has 0 atom stereocenters. The monoisotopic (exact) mass is 1410 g/mol. The number of aromatic nitrogens is 9. The van der Waals surface area contributed by atoms with Gasteiger partial charge in [0.2, 0.25) is 5.95 Å². The van der Waals surface area contributed by atoms with Crippen molar-refractivity contribution in [2.75, 3.05) is 0 Å². The zero-order valence-electron chi connectivity index (χ0n) is 55.8. The summed E-state index contributed by atoms with van der Waals surface area (Å²) in [5.41, 5.74) is 19.7. The van der Waals surface area contributed by atoms with E-state index >= 15 is 0 Å². The Kier molecular flexibility index (Phi) is 14.5. The summed E-state index contributed by atoms with van der Waals surface area (Å²) in [6, 6.07) is 114. The standard InChI is InChI=1S/C92H53N9S4/c1-3-17-58(18-4-1)85-95-87(98-88(96-85)69-25-16-32-81-82(69)71-52-63(45-49-77(71)102-81)55-35-41-60(42-36-55)90-93-73-26-9-13-30-79(73)104-90)65-22-15-21-62(51-65)54-33-39-57(40-34-54)66-47-48-70(83-72-53-64(46-50-78(72)103-84(66)83)56-37-43-61(44-38-56)91-94-74-27-10-14-31-80(74)105-91)89-97-86(59-19-5-2-6-20-59)99-92(100-89)101-75-28-11-7-23-67(75)68-24-8-12-29-76(68)101/h1-53H. The van der Waals surface area contributed by atoms with E-state index in [0.29, 0.717) is 35.1 Å². The van der Waals surface area contributed by atoms with Gasteiger partial charge < -0.3 is 0 Å². The molecule has 0 saturated carbocycles. The van der Waals surface area contributed by atoms with Crippen molar-refractivity contribution in [2.24, 2.45) is 0 Å². The summed E-state index contributed by atoms with van der Waals surface area (Å²) in [6.07, 6.45) is 0. The fraction of sp³-hybridized carbons (Fsp3) is 0. The third-order valence-corrected chi connectivity index (χ3v) is 24.4. The van der Waals surface area contributed by atoms with E-state index in [1.807, 2.05) is 48.5 Å². The maximum atomic E-state index is 5.53. The molecule has 0 saturated heterocycles. The van der Waals surface area contributed by atoms with Gasteiger partial charge in [-0.05, 0) is 123 Å². The predicted octanol–water partition coefficient (Wildman–Crippen LogP) is 25.4. The van der Waals surface area contributed by atoms with Gasteiger partial charge in [-0.1, -0.05) is 243 Å². The summed E-state index contributed by atoms with van der Waals surface area (Å²) in [5.74, 6) is 3.55. The zero-order valence-corrected chi connectivity index (χ0v) is 59.0. The van der Waals surface area contributed by atoms with E-state index in [1.54, 1.807) is 45.3 Å². The van der Waals surface area contributed by atoms with E-state index in [2.05, 4.69) is 278 Å². The number of hydrogen-bond acceptors (Lipinski definition) is 12. The van der Waals surface area contributed by atoms with Gasteiger partial charge in [-0.2, -0.15) is 9.97 Å². The lowest BCUT2D eigenvalue weighted by molar-refractivity contribution is 0.954. The van der Waals surface area contributed by atoms with Crippen molar-refractivity contribution >= 4 is 128 Å². The lowest BCUT2D eigenvalue weighted by atomic mass is 9.95. The normalized spacial score (nSPS) is 11.8. The molecule has 0 aliphatic heterocycles. The second-order valence-corrected chi connectivity index (χ2v) is 30.3. The summed E-state index contributed by atoms with van der Waals surface area (Å²) in [7, 11) is 0. The number of fused-ring (bicyclic) bond motifs is 11. The highest BCUT2D eigenvalue weighted by Gasteiger charge is 2.24. The van der Waals surface area contributed by atoms with E-state index in [-0.39, 0.29) is 0 Å². The average molecular weight is 1410 g/mol. The molecule has 105 heavy (non-hydrogen) atoms. The Hall–Kier alpha value is -12.9. The minimum atomic E-state index is 0.550. The van der Waals surface area contributed by atoms with Crippen molar-refractivity contribution in [1.82, 2.24) is 44.4 Å². The molecule has 13 heteroatoms. The number of benzene rings is 14. The number of hydrogen-bond donors (Lipinski definition) is 0. The summed E-state index contributed by atoms with van der Waals surface area (Å²) in [6.45, 7) is 0. The Morgan fingerprint density at radius 1 is 0.210 bits per heavy atom. The lowest BCUT2D eigenvalue weighted by Crippen LogP contribution is -2.06. The van der Waals surface area contributed by atoms with Crippen LogP contribution >= 0.6 is 45.3 Å². The van der Waals surface area contributed by atoms with E-state index in [9.17, 15) is 0 Å². The number of thiophene rings is 2. The second kappa shape index (κ2) is 25.0. The highest BCUT2D eigenvalue weighted by molar-refractivity contribution is 7.26. The first-order valence-electron chi connectivity index (χ1n) is 34.7. The average Bonchev–Trinajstić information content (AvgIpc) is 1.61. The maximum Gasteiger partial charge on any atom is 0.238 e. The number of para-hydroxylation sites is 4. The largest absolute Gasteiger partial charge is 0.278 e. The Morgan fingerprint density at radius 3 is 1.22 bits per heavy atom. The molecule has 14 aromatic carbocycles. The Labute approximate surface area is 617 Å². The molecule has 0 fully saturated rings. The minimum absolute atomic E-state index is 0.550. The van der Waals surface area contributed by atoms with E-state index in [0.717, 1.165) is 157 Å². The first-order chi connectivity index (χ1) is 52.0. The first-order valence-corrected chi connectivity index (χ1v) is 37.9. The third kappa shape index (κ3) is 10.7. The van der Waals surface area contributed by atoms with E-state index in [1.165, 1.54) is 18.8 Å². The summed E-state index contributed by atoms with van der Waals surface area (Å²) in [4.78, 5) is 42.2. The Bertz CT molecular complexity index is 6900. The molecule has 0 radical (unpaired) electrons. The second-order valence-electron chi connectivity index (χ2n) is 26.1. The van der Waals surface area contributed by atoms with Gasteiger partial charge >= 0.3 is 0 Å². The van der Waals surface area contributed by atoms with Crippen LogP contribution < -0.4 is 0 Å². The molecule has 9 nitrogen and oxygen atoms in total. The van der Waals surface area contributed by atoms with Crippen molar-refractivity contribution in [3.05, 3.63) is 322 Å². The topological polar surface area (TPSA) is 108 Å². The van der Waals surface area contributed by atoms with Crippen LogP contribution in [0.4, 0.5) is 0 Å². The van der Waals surface area contributed by atoms with Crippen molar-refractivity contribution in [3.8, 4) is 129 Å². The van der Waals surface area contributed by atoms with Gasteiger partial charge in [0, 0.05) is 90.1 Å². The zero-order chi connectivity index (χ0) is 69.1.